The number of carbonyl (C=O) groups excluding carboxylic acids is 2. The van der Waals surface area contributed by atoms with Crippen LogP contribution in [-0.2, 0) is 20.7 Å². The predicted octanol–water partition coefficient (Wildman–Crippen LogP) is 5.97. The van der Waals surface area contributed by atoms with Gasteiger partial charge in [-0.1, -0.05) is 61.5 Å². The van der Waals surface area contributed by atoms with E-state index in [1.807, 2.05) is 54.5 Å². The highest BCUT2D eigenvalue weighted by Gasteiger charge is 2.28. The van der Waals surface area contributed by atoms with Crippen molar-refractivity contribution in [1.82, 2.24) is 0 Å². The van der Waals surface area contributed by atoms with Gasteiger partial charge in [-0.15, -0.1) is 11.3 Å². The molecular weight excluding hydrogens is 406 g/mol. The molecule has 0 saturated heterocycles. The molecule has 0 N–H and O–H groups in total. The summed E-state index contributed by atoms with van der Waals surface area (Å²) in [5.74, 6) is -0.540. The molecule has 0 saturated carbocycles. The van der Waals surface area contributed by atoms with E-state index in [0.717, 1.165) is 16.1 Å². The Morgan fingerprint density at radius 1 is 0.968 bits per heavy atom. The topological polar surface area (TPSA) is 46.6 Å². The summed E-state index contributed by atoms with van der Waals surface area (Å²) in [6, 6.07) is 22.4. The monoisotopic (exact) mass is 435 g/mol. The summed E-state index contributed by atoms with van der Waals surface area (Å²) >= 11 is 1.53. The van der Waals surface area contributed by atoms with Crippen molar-refractivity contribution in [3.63, 3.8) is 0 Å². The molecule has 0 fully saturated rings. The van der Waals surface area contributed by atoms with Gasteiger partial charge in [-0.2, -0.15) is 0 Å². The summed E-state index contributed by atoms with van der Waals surface area (Å²) in [7, 11) is 0. The molecule has 162 valence electrons. The van der Waals surface area contributed by atoms with Crippen LogP contribution in [0.1, 0.15) is 32.8 Å². The maximum atomic E-state index is 12.6. The van der Waals surface area contributed by atoms with Crippen LogP contribution in [0.2, 0.25) is 0 Å². The number of anilines is 1. The van der Waals surface area contributed by atoms with Crippen LogP contribution in [0.4, 0.5) is 5.00 Å². The van der Waals surface area contributed by atoms with Crippen LogP contribution in [0.3, 0.4) is 0 Å². The second-order valence-electron chi connectivity index (χ2n) is 7.65. The average Bonchev–Trinajstić information content (AvgIpc) is 3.29. The van der Waals surface area contributed by atoms with Gasteiger partial charge in [-0.05, 0) is 54.0 Å². The highest BCUT2D eigenvalue weighted by Crippen LogP contribution is 2.29. The summed E-state index contributed by atoms with van der Waals surface area (Å²) in [5, 5.41) is 2.86. The number of ether oxygens (including phenoxy) is 1. The van der Waals surface area contributed by atoms with Gasteiger partial charge >= 0.3 is 5.97 Å². The van der Waals surface area contributed by atoms with Crippen molar-refractivity contribution in [3.05, 3.63) is 77.7 Å². The lowest BCUT2D eigenvalue weighted by Crippen LogP contribution is -2.42. The molecule has 3 aromatic rings. The minimum atomic E-state index is -0.296. The van der Waals surface area contributed by atoms with Gasteiger partial charge < -0.3 is 9.64 Å². The SMILES string of the molecule is CCOC(=O)C(C)CC(Cc1ccc(-c2ccccc2)cc1)N(C(C)=O)c1cccs1. The van der Waals surface area contributed by atoms with Crippen molar-refractivity contribution in [2.75, 3.05) is 11.5 Å². The first-order chi connectivity index (χ1) is 15.0. The third-order valence-electron chi connectivity index (χ3n) is 5.29. The van der Waals surface area contributed by atoms with Gasteiger partial charge in [0.2, 0.25) is 5.91 Å². The van der Waals surface area contributed by atoms with Crippen LogP contribution in [0, 0.1) is 5.92 Å². The van der Waals surface area contributed by atoms with E-state index in [1.54, 1.807) is 6.92 Å². The minimum Gasteiger partial charge on any atom is -0.466 e. The van der Waals surface area contributed by atoms with Gasteiger partial charge in [0.15, 0.2) is 0 Å². The molecule has 1 aromatic heterocycles. The number of amides is 1. The predicted molar refractivity (Wildman–Crippen MR) is 127 cm³/mol. The summed E-state index contributed by atoms with van der Waals surface area (Å²) in [4.78, 5) is 26.7. The molecule has 0 aliphatic heterocycles. The van der Waals surface area contributed by atoms with E-state index < -0.39 is 0 Å². The number of nitrogens with zero attached hydrogens (tertiary/aromatic N) is 1. The molecule has 2 unspecified atom stereocenters. The third-order valence-corrected chi connectivity index (χ3v) is 6.16. The van der Waals surface area contributed by atoms with Gasteiger partial charge in [0, 0.05) is 13.0 Å². The van der Waals surface area contributed by atoms with E-state index in [0.29, 0.717) is 19.4 Å². The first-order valence-corrected chi connectivity index (χ1v) is 11.5. The first kappa shape index (κ1) is 22.8. The number of rotatable bonds is 9. The van der Waals surface area contributed by atoms with Crippen LogP contribution in [0.25, 0.3) is 11.1 Å². The Balaban J connectivity index is 1.85. The molecule has 31 heavy (non-hydrogen) atoms. The quantitative estimate of drug-likeness (QED) is 0.389. The number of esters is 1. The third kappa shape index (κ3) is 6.05. The zero-order chi connectivity index (χ0) is 22.2. The molecule has 0 aliphatic carbocycles. The molecule has 0 spiro atoms. The van der Waals surface area contributed by atoms with Gasteiger partial charge in [-0.3, -0.25) is 9.59 Å². The Hall–Kier alpha value is -2.92. The maximum Gasteiger partial charge on any atom is 0.308 e. The second kappa shape index (κ2) is 10.9. The Labute approximate surface area is 188 Å². The van der Waals surface area contributed by atoms with Crippen LogP contribution >= 0.6 is 11.3 Å². The molecule has 4 nitrogen and oxygen atoms in total. The Morgan fingerprint density at radius 2 is 1.65 bits per heavy atom. The maximum absolute atomic E-state index is 12.6. The molecular formula is C26H29NO3S. The fraction of sp³-hybridized carbons (Fsp3) is 0.308. The minimum absolute atomic E-state index is 0.0237. The van der Waals surface area contributed by atoms with Crippen molar-refractivity contribution in [2.45, 2.75) is 39.7 Å². The van der Waals surface area contributed by atoms with E-state index in [4.69, 9.17) is 4.74 Å². The molecule has 0 aliphatic rings. The van der Waals surface area contributed by atoms with Crippen molar-refractivity contribution in [1.29, 1.82) is 0 Å². The molecule has 3 rings (SSSR count). The van der Waals surface area contributed by atoms with E-state index in [1.165, 1.54) is 16.9 Å². The highest BCUT2D eigenvalue weighted by atomic mass is 32.1. The van der Waals surface area contributed by atoms with Gasteiger partial charge in [0.1, 0.15) is 0 Å². The Morgan fingerprint density at radius 3 is 2.23 bits per heavy atom. The Bertz CT molecular complexity index is 968. The van der Waals surface area contributed by atoms with Gasteiger partial charge in [-0.25, -0.2) is 0 Å². The molecule has 1 amide bonds. The lowest BCUT2D eigenvalue weighted by Gasteiger charge is -2.31. The zero-order valence-corrected chi connectivity index (χ0v) is 19.1. The number of hydrogen-bond donors (Lipinski definition) is 0. The van der Waals surface area contributed by atoms with E-state index in [-0.39, 0.29) is 23.8 Å². The lowest BCUT2D eigenvalue weighted by molar-refractivity contribution is -0.147. The van der Waals surface area contributed by atoms with Crippen molar-refractivity contribution in [2.24, 2.45) is 5.92 Å². The summed E-state index contributed by atoms with van der Waals surface area (Å²) in [5.41, 5.74) is 3.46. The van der Waals surface area contributed by atoms with Crippen molar-refractivity contribution >= 4 is 28.2 Å². The normalized spacial score (nSPS) is 12.7. The number of thiophene rings is 1. The fourth-order valence-corrected chi connectivity index (χ4v) is 4.65. The summed E-state index contributed by atoms with van der Waals surface area (Å²) in [6.07, 6.45) is 1.20. The second-order valence-corrected chi connectivity index (χ2v) is 8.58. The molecule has 1 heterocycles. The van der Waals surface area contributed by atoms with Crippen LogP contribution < -0.4 is 4.90 Å². The van der Waals surface area contributed by atoms with Crippen LogP contribution in [0.5, 0.6) is 0 Å². The first-order valence-electron chi connectivity index (χ1n) is 10.6. The molecule has 2 atom stereocenters. The fourth-order valence-electron chi connectivity index (χ4n) is 3.80. The van der Waals surface area contributed by atoms with Gasteiger partial charge in [0.05, 0.1) is 17.5 Å². The molecule has 5 heteroatoms. The molecule has 0 bridgehead atoms. The largest absolute Gasteiger partial charge is 0.466 e. The standard InChI is InChI=1S/C26H29NO3S/c1-4-30-26(29)19(2)17-24(27(20(3)28)25-11-8-16-31-25)18-21-12-14-23(15-13-21)22-9-6-5-7-10-22/h5-16,19,24H,4,17-18H2,1-3H3. The lowest BCUT2D eigenvalue weighted by atomic mass is 9.93. The van der Waals surface area contributed by atoms with Gasteiger partial charge in [0.25, 0.3) is 0 Å². The number of carbonyl (C=O) groups is 2. The number of hydrogen-bond acceptors (Lipinski definition) is 4. The smallest absolute Gasteiger partial charge is 0.308 e. The van der Waals surface area contributed by atoms with Crippen LogP contribution in [-0.4, -0.2) is 24.5 Å². The molecule has 0 radical (unpaired) electrons. The average molecular weight is 436 g/mol. The number of benzene rings is 2. The van der Waals surface area contributed by atoms with E-state index in [9.17, 15) is 9.59 Å². The highest BCUT2D eigenvalue weighted by molar-refractivity contribution is 7.14. The zero-order valence-electron chi connectivity index (χ0n) is 18.3. The van der Waals surface area contributed by atoms with E-state index in [2.05, 4.69) is 36.4 Å². The van der Waals surface area contributed by atoms with Crippen molar-refractivity contribution < 1.29 is 14.3 Å². The molecule has 2 aromatic carbocycles. The van der Waals surface area contributed by atoms with E-state index >= 15 is 0 Å². The summed E-state index contributed by atoms with van der Waals surface area (Å²) in [6.45, 7) is 5.62. The van der Waals surface area contributed by atoms with Crippen LogP contribution in [0.15, 0.2) is 72.1 Å². The van der Waals surface area contributed by atoms with Crippen molar-refractivity contribution in [3.8, 4) is 11.1 Å². The Kier molecular flexibility index (Phi) is 8.01. The summed E-state index contributed by atoms with van der Waals surface area (Å²) < 4.78 is 5.21.